The van der Waals surface area contributed by atoms with Gasteiger partial charge < -0.3 is 10.6 Å². The number of rotatable bonds is 5. The van der Waals surface area contributed by atoms with Crippen LogP contribution in [0, 0.1) is 15.9 Å². The Labute approximate surface area is 109 Å². The van der Waals surface area contributed by atoms with Crippen molar-refractivity contribution in [3.63, 3.8) is 0 Å². The number of benzene rings is 1. The Morgan fingerprint density at radius 3 is 2.55 bits per heavy atom. The fourth-order valence-corrected chi connectivity index (χ4v) is 1.29. The van der Waals surface area contributed by atoms with Gasteiger partial charge in [0.25, 0.3) is 5.69 Å². The standard InChI is InChI=1S/C10H9F4N3O3/c11-6-2-1-3-7(17(19)20)9(6)16-8(18)4-15-5-10(12,13)14/h1-3,15H,4-5H2,(H,16,18). The lowest BCUT2D eigenvalue weighted by molar-refractivity contribution is -0.384. The molecule has 1 aromatic carbocycles. The topological polar surface area (TPSA) is 84.3 Å². The number of anilines is 1. The number of carbonyl (C=O) groups excluding carboxylic acids is 1. The maximum Gasteiger partial charge on any atom is 0.401 e. The third-order valence-electron chi connectivity index (χ3n) is 2.06. The van der Waals surface area contributed by atoms with Gasteiger partial charge in [0.15, 0.2) is 11.5 Å². The molecule has 0 bridgehead atoms. The lowest BCUT2D eigenvalue weighted by Crippen LogP contribution is -2.35. The maximum absolute atomic E-state index is 13.4. The molecule has 0 aliphatic carbocycles. The number of nitrogens with zero attached hydrogens (tertiary/aromatic N) is 1. The molecule has 0 heterocycles. The molecule has 0 radical (unpaired) electrons. The largest absolute Gasteiger partial charge is 0.401 e. The van der Waals surface area contributed by atoms with Crippen molar-refractivity contribution in [1.29, 1.82) is 0 Å². The van der Waals surface area contributed by atoms with Gasteiger partial charge in [0.05, 0.1) is 18.0 Å². The summed E-state index contributed by atoms with van der Waals surface area (Å²) in [5, 5.41) is 14.3. The number of para-hydroxylation sites is 1. The minimum atomic E-state index is -4.50. The van der Waals surface area contributed by atoms with E-state index >= 15 is 0 Å². The van der Waals surface area contributed by atoms with E-state index in [9.17, 15) is 32.5 Å². The van der Waals surface area contributed by atoms with Crippen molar-refractivity contribution in [2.75, 3.05) is 18.4 Å². The van der Waals surface area contributed by atoms with Gasteiger partial charge in [-0.05, 0) is 6.07 Å². The summed E-state index contributed by atoms with van der Waals surface area (Å²) in [5.41, 5.74) is -1.37. The Kier molecular flexibility index (Phi) is 4.97. The van der Waals surface area contributed by atoms with E-state index in [1.165, 1.54) is 0 Å². The first-order valence-corrected chi connectivity index (χ1v) is 5.21. The number of nitro benzene ring substituents is 1. The molecule has 0 spiro atoms. The minimum absolute atomic E-state index is 0.684. The molecule has 0 fully saturated rings. The van der Waals surface area contributed by atoms with Gasteiger partial charge in [0, 0.05) is 6.07 Å². The zero-order valence-corrected chi connectivity index (χ0v) is 9.83. The number of carbonyl (C=O) groups is 1. The predicted molar refractivity (Wildman–Crippen MR) is 60.6 cm³/mol. The summed E-state index contributed by atoms with van der Waals surface area (Å²) >= 11 is 0. The van der Waals surface area contributed by atoms with E-state index in [0.717, 1.165) is 18.2 Å². The first kappa shape index (κ1) is 15.8. The van der Waals surface area contributed by atoms with Crippen molar-refractivity contribution < 1.29 is 27.3 Å². The van der Waals surface area contributed by atoms with E-state index in [1.54, 1.807) is 5.32 Å². The van der Waals surface area contributed by atoms with Crippen LogP contribution in [-0.2, 0) is 4.79 Å². The van der Waals surface area contributed by atoms with Crippen LogP contribution in [0.4, 0.5) is 28.9 Å². The van der Waals surface area contributed by atoms with Crippen molar-refractivity contribution in [2.45, 2.75) is 6.18 Å². The van der Waals surface area contributed by atoms with Crippen LogP contribution in [-0.4, -0.2) is 30.1 Å². The highest BCUT2D eigenvalue weighted by atomic mass is 19.4. The first-order chi connectivity index (χ1) is 9.20. The van der Waals surface area contributed by atoms with Crippen LogP contribution in [0.1, 0.15) is 0 Å². The molecular weight excluding hydrogens is 286 g/mol. The quantitative estimate of drug-likeness (QED) is 0.493. The fraction of sp³-hybridized carbons (Fsp3) is 0.300. The van der Waals surface area contributed by atoms with Gasteiger partial charge in [-0.2, -0.15) is 13.2 Å². The van der Waals surface area contributed by atoms with Crippen molar-refractivity contribution in [3.05, 3.63) is 34.1 Å². The Bertz CT molecular complexity index is 519. The summed E-state index contributed by atoms with van der Waals surface area (Å²) in [4.78, 5) is 21.0. The molecule has 110 valence electrons. The number of nitro groups is 1. The second-order valence-corrected chi connectivity index (χ2v) is 3.66. The van der Waals surface area contributed by atoms with E-state index in [1.807, 2.05) is 5.32 Å². The lowest BCUT2D eigenvalue weighted by atomic mass is 10.2. The van der Waals surface area contributed by atoms with Gasteiger partial charge in [-0.15, -0.1) is 0 Å². The van der Waals surface area contributed by atoms with Crippen molar-refractivity contribution in [1.82, 2.24) is 5.32 Å². The molecule has 20 heavy (non-hydrogen) atoms. The highest BCUT2D eigenvalue weighted by molar-refractivity contribution is 5.94. The summed E-state index contributed by atoms with van der Waals surface area (Å²) in [6, 6.07) is 2.92. The molecule has 6 nitrogen and oxygen atoms in total. The summed E-state index contributed by atoms with van der Waals surface area (Å²) in [6.07, 6.45) is -4.50. The number of amides is 1. The van der Waals surface area contributed by atoms with Gasteiger partial charge in [0.1, 0.15) is 0 Å². The number of nitrogens with one attached hydrogen (secondary N) is 2. The van der Waals surface area contributed by atoms with E-state index in [2.05, 4.69) is 0 Å². The number of hydrogen-bond donors (Lipinski definition) is 2. The molecule has 1 rings (SSSR count). The zero-order chi connectivity index (χ0) is 15.3. The molecule has 0 saturated carbocycles. The highest BCUT2D eigenvalue weighted by Crippen LogP contribution is 2.26. The minimum Gasteiger partial charge on any atom is -0.317 e. The Hall–Kier alpha value is -2.23. The van der Waals surface area contributed by atoms with E-state index in [-0.39, 0.29) is 0 Å². The normalized spacial score (nSPS) is 11.2. The Balaban J connectivity index is 2.69. The highest BCUT2D eigenvalue weighted by Gasteiger charge is 2.27. The van der Waals surface area contributed by atoms with Gasteiger partial charge in [-0.25, -0.2) is 4.39 Å². The van der Waals surface area contributed by atoms with Crippen LogP contribution >= 0.6 is 0 Å². The molecule has 0 aromatic heterocycles. The Morgan fingerprint density at radius 2 is 2.00 bits per heavy atom. The average Bonchev–Trinajstić information content (AvgIpc) is 2.29. The second-order valence-electron chi connectivity index (χ2n) is 3.66. The van der Waals surface area contributed by atoms with E-state index in [4.69, 9.17) is 0 Å². The van der Waals surface area contributed by atoms with Crippen LogP contribution < -0.4 is 10.6 Å². The summed E-state index contributed by atoms with van der Waals surface area (Å²) in [7, 11) is 0. The van der Waals surface area contributed by atoms with Crippen molar-refractivity contribution >= 4 is 17.3 Å². The lowest BCUT2D eigenvalue weighted by Gasteiger charge is -2.09. The van der Waals surface area contributed by atoms with Crippen LogP contribution in [0.3, 0.4) is 0 Å². The van der Waals surface area contributed by atoms with Crippen LogP contribution in [0.15, 0.2) is 18.2 Å². The van der Waals surface area contributed by atoms with E-state index < -0.39 is 47.3 Å². The molecule has 1 aromatic rings. The third-order valence-corrected chi connectivity index (χ3v) is 2.06. The summed E-state index contributed by atoms with van der Waals surface area (Å²) < 4.78 is 48.8. The third kappa shape index (κ3) is 4.80. The average molecular weight is 295 g/mol. The van der Waals surface area contributed by atoms with Gasteiger partial charge >= 0.3 is 6.18 Å². The molecule has 0 saturated heterocycles. The van der Waals surface area contributed by atoms with Crippen molar-refractivity contribution in [3.8, 4) is 0 Å². The summed E-state index contributed by atoms with van der Waals surface area (Å²) in [6.45, 7) is -2.16. The summed E-state index contributed by atoms with van der Waals surface area (Å²) in [5.74, 6) is -2.08. The van der Waals surface area contributed by atoms with E-state index in [0.29, 0.717) is 0 Å². The molecule has 1 amide bonds. The molecule has 0 atom stereocenters. The monoisotopic (exact) mass is 295 g/mol. The molecule has 10 heteroatoms. The van der Waals surface area contributed by atoms with Crippen LogP contribution in [0.2, 0.25) is 0 Å². The predicted octanol–water partition coefficient (Wildman–Crippen LogP) is 1.82. The molecule has 2 N–H and O–H groups in total. The number of halogens is 4. The first-order valence-electron chi connectivity index (χ1n) is 5.21. The van der Waals surface area contributed by atoms with Gasteiger partial charge in [0.2, 0.25) is 5.91 Å². The number of hydrogen-bond acceptors (Lipinski definition) is 4. The molecule has 0 unspecified atom stereocenters. The molecule has 0 aliphatic rings. The van der Waals surface area contributed by atoms with Gasteiger partial charge in [-0.3, -0.25) is 14.9 Å². The maximum atomic E-state index is 13.4. The Morgan fingerprint density at radius 1 is 1.35 bits per heavy atom. The van der Waals surface area contributed by atoms with Crippen LogP contribution in [0.5, 0.6) is 0 Å². The fourth-order valence-electron chi connectivity index (χ4n) is 1.29. The zero-order valence-electron chi connectivity index (χ0n) is 9.83. The number of alkyl halides is 3. The smallest absolute Gasteiger partial charge is 0.317 e. The molecule has 0 aliphatic heterocycles. The van der Waals surface area contributed by atoms with Gasteiger partial charge in [-0.1, -0.05) is 6.07 Å². The van der Waals surface area contributed by atoms with Crippen molar-refractivity contribution in [2.24, 2.45) is 0 Å². The molecular formula is C10H9F4N3O3. The second kappa shape index (κ2) is 6.28. The van der Waals surface area contributed by atoms with Crippen LogP contribution in [0.25, 0.3) is 0 Å². The SMILES string of the molecule is O=C(CNCC(F)(F)F)Nc1c(F)cccc1[N+](=O)[O-].